The predicted octanol–water partition coefficient (Wildman–Crippen LogP) is 2.86. The van der Waals surface area contributed by atoms with E-state index in [1.54, 1.807) is 18.2 Å². The van der Waals surface area contributed by atoms with Crippen molar-refractivity contribution < 1.29 is 4.39 Å². The minimum absolute atomic E-state index is 0.359. The molecule has 4 heteroatoms. The lowest BCUT2D eigenvalue weighted by molar-refractivity contribution is 0.621. The summed E-state index contributed by atoms with van der Waals surface area (Å²) in [5.74, 6) is 0.290. The lowest BCUT2D eigenvalue weighted by Crippen LogP contribution is -2.10. The Morgan fingerprint density at radius 3 is 2.41 bits per heavy atom. The molecule has 0 unspecified atom stereocenters. The van der Waals surface area contributed by atoms with Crippen LogP contribution in [0.5, 0.6) is 0 Å². The van der Waals surface area contributed by atoms with Crippen molar-refractivity contribution in [3.05, 3.63) is 54.0 Å². The lowest BCUT2D eigenvalue weighted by atomic mass is 10.2. The van der Waals surface area contributed by atoms with E-state index in [0.717, 1.165) is 5.69 Å². The highest BCUT2D eigenvalue weighted by Crippen LogP contribution is 2.21. The molecule has 0 aliphatic rings. The van der Waals surface area contributed by atoms with E-state index in [4.69, 9.17) is 5.26 Å². The average Bonchev–Trinajstić information content (AvgIpc) is 2.39. The van der Waals surface area contributed by atoms with Gasteiger partial charge in [-0.25, -0.2) is 9.37 Å². The smallest absolute Gasteiger partial charge is 0.141 e. The average molecular weight is 227 g/mol. The molecule has 2 aromatic rings. The zero-order valence-electron chi connectivity index (χ0n) is 9.26. The van der Waals surface area contributed by atoms with Crippen molar-refractivity contribution >= 4 is 11.5 Å². The minimum Gasteiger partial charge on any atom is -0.329 e. The summed E-state index contributed by atoms with van der Waals surface area (Å²) in [6.07, 6.45) is 1.18. The zero-order chi connectivity index (χ0) is 12.3. The molecule has 3 nitrogen and oxygen atoms in total. The van der Waals surface area contributed by atoms with Crippen LogP contribution in [0.2, 0.25) is 0 Å². The standard InChI is InChI=1S/C13H10FN3/c1-17(13-7-4-11(14)9-16-13)12-5-2-10(8-15)3-6-12/h2-7,9H,1H3. The fourth-order valence-electron chi connectivity index (χ4n) is 1.46. The number of nitrogens with zero attached hydrogens (tertiary/aromatic N) is 3. The first-order valence-electron chi connectivity index (χ1n) is 5.06. The third-order valence-corrected chi connectivity index (χ3v) is 2.44. The fraction of sp³-hybridized carbons (Fsp3) is 0.0769. The number of rotatable bonds is 2. The molecule has 0 atom stereocenters. The van der Waals surface area contributed by atoms with Crippen molar-refractivity contribution in [2.24, 2.45) is 0 Å². The number of halogens is 1. The Bertz CT molecular complexity index is 540. The van der Waals surface area contributed by atoms with Crippen LogP contribution in [-0.4, -0.2) is 12.0 Å². The van der Waals surface area contributed by atoms with Crippen molar-refractivity contribution in [3.8, 4) is 6.07 Å². The van der Waals surface area contributed by atoms with Crippen LogP contribution in [0.4, 0.5) is 15.9 Å². The summed E-state index contributed by atoms with van der Waals surface area (Å²) in [4.78, 5) is 5.80. The van der Waals surface area contributed by atoms with Gasteiger partial charge in [-0.2, -0.15) is 5.26 Å². The van der Waals surface area contributed by atoms with Gasteiger partial charge in [0.2, 0.25) is 0 Å². The molecular formula is C13H10FN3. The summed E-state index contributed by atoms with van der Waals surface area (Å²) in [6, 6.07) is 12.1. The number of benzene rings is 1. The first kappa shape index (κ1) is 11.1. The molecular weight excluding hydrogens is 217 g/mol. The molecule has 0 saturated heterocycles. The van der Waals surface area contributed by atoms with E-state index in [0.29, 0.717) is 11.4 Å². The molecule has 1 aromatic carbocycles. The molecule has 1 aromatic heterocycles. The van der Waals surface area contributed by atoms with Gasteiger partial charge in [0, 0.05) is 12.7 Å². The van der Waals surface area contributed by atoms with E-state index in [1.165, 1.54) is 12.3 Å². The van der Waals surface area contributed by atoms with Gasteiger partial charge in [0.1, 0.15) is 11.6 Å². The molecule has 17 heavy (non-hydrogen) atoms. The van der Waals surface area contributed by atoms with Gasteiger partial charge < -0.3 is 4.90 Å². The largest absolute Gasteiger partial charge is 0.329 e. The highest BCUT2D eigenvalue weighted by Gasteiger charge is 2.05. The first-order valence-corrected chi connectivity index (χ1v) is 5.06. The normalized spacial score (nSPS) is 9.71. The molecule has 2 rings (SSSR count). The summed E-state index contributed by atoms with van der Waals surface area (Å²) in [5, 5.41) is 8.70. The summed E-state index contributed by atoms with van der Waals surface area (Å²) >= 11 is 0. The SMILES string of the molecule is CN(c1ccc(C#N)cc1)c1ccc(F)cn1. The third-order valence-electron chi connectivity index (χ3n) is 2.44. The van der Waals surface area contributed by atoms with Gasteiger partial charge in [0.25, 0.3) is 0 Å². The van der Waals surface area contributed by atoms with E-state index in [-0.39, 0.29) is 5.82 Å². The Morgan fingerprint density at radius 2 is 1.88 bits per heavy atom. The minimum atomic E-state index is -0.359. The molecule has 0 amide bonds. The topological polar surface area (TPSA) is 39.9 Å². The number of nitriles is 1. The van der Waals surface area contributed by atoms with Gasteiger partial charge >= 0.3 is 0 Å². The molecule has 84 valence electrons. The van der Waals surface area contributed by atoms with Crippen molar-refractivity contribution in [2.45, 2.75) is 0 Å². The van der Waals surface area contributed by atoms with Gasteiger partial charge in [-0.3, -0.25) is 0 Å². The van der Waals surface area contributed by atoms with Gasteiger partial charge in [-0.15, -0.1) is 0 Å². The van der Waals surface area contributed by atoms with Crippen LogP contribution in [-0.2, 0) is 0 Å². The second-order valence-corrected chi connectivity index (χ2v) is 3.55. The van der Waals surface area contributed by atoms with Gasteiger partial charge in [-0.1, -0.05) is 0 Å². The van der Waals surface area contributed by atoms with Gasteiger partial charge in [0.15, 0.2) is 0 Å². The van der Waals surface area contributed by atoms with Crippen LogP contribution in [0.1, 0.15) is 5.56 Å². The second kappa shape index (κ2) is 4.62. The Morgan fingerprint density at radius 1 is 1.18 bits per heavy atom. The molecule has 0 N–H and O–H groups in total. The van der Waals surface area contributed by atoms with E-state index in [2.05, 4.69) is 11.1 Å². The molecule has 0 radical (unpaired) electrons. The molecule has 0 aliphatic heterocycles. The molecule has 0 aliphatic carbocycles. The van der Waals surface area contributed by atoms with Crippen LogP contribution in [0, 0.1) is 17.1 Å². The Labute approximate surface area is 98.8 Å². The summed E-state index contributed by atoms with van der Waals surface area (Å²) in [5.41, 5.74) is 1.50. The number of hydrogen-bond acceptors (Lipinski definition) is 3. The van der Waals surface area contributed by atoms with E-state index >= 15 is 0 Å². The third kappa shape index (κ3) is 2.40. The summed E-state index contributed by atoms with van der Waals surface area (Å²) < 4.78 is 12.7. The maximum atomic E-state index is 12.7. The van der Waals surface area contributed by atoms with Gasteiger partial charge in [-0.05, 0) is 36.4 Å². The van der Waals surface area contributed by atoms with Crippen LogP contribution in [0.25, 0.3) is 0 Å². The van der Waals surface area contributed by atoms with Crippen molar-refractivity contribution in [1.29, 1.82) is 5.26 Å². The number of aromatic nitrogens is 1. The first-order chi connectivity index (χ1) is 8.20. The fourth-order valence-corrected chi connectivity index (χ4v) is 1.46. The van der Waals surface area contributed by atoms with E-state index < -0.39 is 0 Å². The number of hydrogen-bond donors (Lipinski definition) is 0. The van der Waals surface area contributed by atoms with Crippen LogP contribution >= 0.6 is 0 Å². The van der Waals surface area contributed by atoms with Crippen LogP contribution in [0.15, 0.2) is 42.6 Å². The highest BCUT2D eigenvalue weighted by molar-refractivity contribution is 5.59. The molecule has 0 bridgehead atoms. The van der Waals surface area contributed by atoms with Gasteiger partial charge in [0.05, 0.1) is 17.8 Å². The van der Waals surface area contributed by atoms with Crippen LogP contribution in [0.3, 0.4) is 0 Å². The Kier molecular flexibility index (Phi) is 3.01. The lowest BCUT2D eigenvalue weighted by Gasteiger charge is -2.17. The number of anilines is 2. The molecule has 0 spiro atoms. The Hall–Kier alpha value is -2.41. The zero-order valence-corrected chi connectivity index (χ0v) is 9.26. The summed E-state index contributed by atoms with van der Waals surface area (Å²) in [7, 11) is 1.83. The maximum absolute atomic E-state index is 12.7. The molecule has 1 heterocycles. The monoisotopic (exact) mass is 227 g/mol. The van der Waals surface area contributed by atoms with Crippen molar-refractivity contribution in [1.82, 2.24) is 4.98 Å². The van der Waals surface area contributed by atoms with E-state index in [1.807, 2.05) is 24.1 Å². The highest BCUT2D eigenvalue weighted by atomic mass is 19.1. The Balaban J connectivity index is 2.27. The number of pyridine rings is 1. The summed E-state index contributed by atoms with van der Waals surface area (Å²) in [6.45, 7) is 0. The van der Waals surface area contributed by atoms with Crippen molar-refractivity contribution in [2.75, 3.05) is 11.9 Å². The molecule has 0 saturated carbocycles. The van der Waals surface area contributed by atoms with Crippen molar-refractivity contribution in [3.63, 3.8) is 0 Å². The molecule has 0 fully saturated rings. The maximum Gasteiger partial charge on any atom is 0.141 e. The quantitative estimate of drug-likeness (QED) is 0.792. The van der Waals surface area contributed by atoms with E-state index in [9.17, 15) is 4.39 Å². The van der Waals surface area contributed by atoms with Crippen LogP contribution < -0.4 is 4.90 Å². The second-order valence-electron chi connectivity index (χ2n) is 3.55. The predicted molar refractivity (Wildman–Crippen MR) is 63.4 cm³/mol.